The van der Waals surface area contributed by atoms with Gasteiger partial charge in [0.1, 0.15) is 5.75 Å². The van der Waals surface area contributed by atoms with Crippen LogP contribution in [-0.2, 0) is 0 Å². The normalized spacial score (nSPS) is 18.5. The summed E-state index contributed by atoms with van der Waals surface area (Å²) < 4.78 is 5.29. The Bertz CT molecular complexity index is 639. The maximum atomic E-state index is 10.7. The summed E-state index contributed by atoms with van der Waals surface area (Å²) in [5.74, 6) is 0.776. The maximum absolute atomic E-state index is 10.7. The number of hydrogen-bond donors (Lipinski definition) is 2. The summed E-state index contributed by atoms with van der Waals surface area (Å²) in [5.41, 5.74) is 7.71. The van der Waals surface area contributed by atoms with Crippen molar-refractivity contribution in [3.05, 3.63) is 36.0 Å². The number of benzene rings is 1. The van der Waals surface area contributed by atoms with E-state index in [0.29, 0.717) is 12.6 Å². The van der Waals surface area contributed by atoms with E-state index in [1.54, 1.807) is 13.3 Å². The van der Waals surface area contributed by atoms with Gasteiger partial charge < -0.3 is 20.5 Å². The van der Waals surface area contributed by atoms with Crippen molar-refractivity contribution in [2.24, 2.45) is 5.73 Å². The summed E-state index contributed by atoms with van der Waals surface area (Å²) >= 11 is 0. The Hall–Kier alpha value is -1.69. The largest absolute Gasteiger partial charge is 0.497 e. The van der Waals surface area contributed by atoms with E-state index in [9.17, 15) is 5.11 Å². The topological polar surface area (TPSA) is 71.6 Å². The summed E-state index contributed by atoms with van der Waals surface area (Å²) in [6.45, 7) is 2.53. The maximum Gasteiger partial charge on any atom is 0.119 e. The van der Waals surface area contributed by atoms with Gasteiger partial charge in [-0.05, 0) is 55.8 Å². The number of β-amino-alcohol motifs (C(OH)–C–C–N with tert-alkyl or cyclic N) is 1. The molecule has 0 bridgehead atoms. The highest BCUT2D eigenvalue weighted by Crippen LogP contribution is 2.27. The Morgan fingerprint density at radius 1 is 1.36 bits per heavy atom. The molecule has 1 aromatic carbocycles. The summed E-state index contributed by atoms with van der Waals surface area (Å²) in [6, 6.07) is 7.94. The highest BCUT2D eigenvalue weighted by Gasteiger charge is 2.20. The summed E-state index contributed by atoms with van der Waals surface area (Å²) in [7, 11) is 1.64. The lowest BCUT2D eigenvalue weighted by Crippen LogP contribution is -2.41. The molecule has 1 fully saturated rings. The zero-order chi connectivity index (χ0) is 15.5. The van der Waals surface area contributed by atoms with Crippen molar-refractivity contribution in [2.75, 3.05) is 26.7 Å². The van der Waals surface area contributed by atoms with Gasteiger partial charge in [0.15, 0.2) is 0 Å². The molecule has 0 amide bonds. The van der Waals surface area contributed by atoms with Crippen LogP contribution in [0.4, 0.5) is 0 Å². The number of pyridine rings is 1. The molecule has 2 heterocycles. The van der Waals surface area contributed by atoms with Gasteiger partial charge in [-0.25, -0.2) is 0 Å². The van der Waals surface area contributed by atoms with Crippen LogP contribution in [0, 0.1) is 0 Å². The van der Waals surface area contributed by atoms with Gasteiger partial charge in [-0.15, -0.1) is 0 Å². The van der Waals surface area contributed by atoms with E-state index in [4.69, 9.17) is 10.5 Å². The number of piperidine rings is 1. The predicted octanol–water partition coefficient (Wildman–Crippen LogP) is 1.70. The second-order valence-corrected chi connectivity index (χ2v) is 5.94. The van der Waals surface area contributed by atoms with Crippen LogP contribution in [0.15, 0.2) is 30.5 Å². The van der Waals surface area contributed by atoms with Crippen LogP contribution < -0.4 is 10.5 Å². The predicted molar refractivity (Wildman–Crippen MR) is 86.9 cm³/mol. The van der Waals surface area contributed by atoms with Crippen LogP contribution in [0.3, 0.4) is 0 Å². The SMILES string of the molecule is COc1ccc2nccc([C@@H](O)CN3CCC(N)CC3)c2c1. The van der Waals surface area contributed by atoms with Gasteiger partial charge in [0.2, 0.25) is 0 Å². The Balaban J connectivity index is 1.82. The van der Waals surface area contributed by atoms with Crippen LogP contribution in [0.2, 0.25) is 0 Å². The van der Waals surface area contributed by atoms with E-state index in [-0.39, 0.29) is 0 Å². The van der Waals surface area contributed by atoms with Crippen molar-refractivity contribution >= 4 is 10.9 Å². The number of nitrogens with zero attached hydrogens (tertiary/aromatic N) is 2. The molecular weight excluding hydrogens is 278 g/mol. The quantitative estimate of drug-likeness (QED) is 0.899. The van der Waals surface area contributed by atoms with Crippen LogP contribution >= 0.6 is 0 Å². The number of fused-ring (bicyclic) bond motifs is 1. The number of likely N-dealkylation sites (tertiary alicyclic amines) is 1. The first-order valence-corrected chi connectivity index (χ1v) is 7.76. The molecule has 1 aliphatic heterocycles. The zero-order valence-electron chi connectivity index (χ0n) is 12.9. The lowest BCUT2D eigenvalue weighted by atomic mass is 10.0. The first-order valence-electron chi connectivity index (χ1n) is 7.76. The smallest absolute Gasteiger partial charge is 0.119 e. The average molecular weight is 301 g/mol. The number of methoxy groups -OCH3 is 1. The van der Waals surface area contributed by atoms with Crippen LogP contribution in [0.5, 0.6) is 5.75 Å². The van der Waals surface area contributed by atoms with E-state index in [2.05, 4.69) is 9.88 Å². The van der Waals surface area contributed by atoms with Gasteiger partial charge >= 0.3 is 0 Å². The molecule has 1 aromatic heterocycles. The molecule has 3 N–H and O–H groups in total. The van der Waals surface area contributed by atoms with Crippen molar-refractivity contribution in [2.45, 2.75) is 25.0 Å². The van der Waals surface area contributed by atoms with Crippen molar-refractivity contribution in [1.29, 1.82) is 0 Å². The third-order valence-corrected chi connectivity index (χ3v) is 4.40. The Labute approximate surface area is 130 Å². The minimum Gasteiger partial charge on any atom is -0.497 e. The number of aromatic nitrogens is 1. The number of aliphatic hydroxyl groups excluding tert-OH is 1. The third kappa shape index (κ3) is 3.21. The standard InChI is InChI=1S/C17H23N3O2/c1-22-13-2-3-16-15(10-13)14(4-7-19-16)17(21)11-20-8-5-12(18)6-9-20/h2-4,7,10,12,17,21H,5-6,8-9,11,18H2,1H3/t17-/m0/s1. The summed E-state index contributed by atoms with van der Waals surface area (Å²) in [5, 5.41) is 11.6. The third-order valence-electron chi connectivity index (χ3n) is 4.40. The van der Waals surface area contributed by atoms with Gasteiger partial charge in [0.25, 0.3) is 0 Å². The van der Waals surface area contributed by atoms with E-state index in [1.165, 1.54) is 0 Å². The molecule has 1 aliphatic rings. The minimum atomic E-state index is -0.535. The Morgan fingerprint density at radius 3 is 2.86 bits per heavy atom. The summed E-state index contributed by atoms with van der Waals surface area (Å²) in [4.78, 5) is 6.64. The fourth-order valence-corrected chi connectivity index (χ4v) is 3.04. The lowest BCUT2D eigenvalue weighted by molar-refractivity contribution is 0.0986. The molecule has 22 heavy (non-hydrogen) atoms. The number of rotatable bonds is 4. The van der Waals surface area contributed by atoms with Crippen molar-refractivity contribution < 1.29 is 9.84 Å². The Morgan fingerprint density at radius 2 is 2.14 bits per heavy atom. The van der Waals surface area contributed by atoms with Gasteiger partial charge in [-0.3, -0.25) is 4.98 Å². The number of ether oxygens (including phenoxy) is 1. The van der Waals surface area contributed by atoms with Crippen molar-refractivity contribution in [1.82, 2.24) is 9.88 Å². The fourth-order valence-electron chi connectivity index (χ4n) is 3.04. The van der Waals surface area contributed by atoms with E-state index in [0.717, 1.165) is 48.1 Å². The first kappa shape index (κ1) is 15.2. The molecule has 0 spiro atoms. The van der Waals surface area contributed by atoms with Crippen LogP contribution in [-0.4, -0.2) is 47.8 Å². The van der Waals surface area contributed by atoms with Gasteiger partial charge in [-0.2, -0.15) is 0 Å². The van der Waals surface area contributed by atoms with Crippen molar-refractivity contribution in [3.63, 3.8) is 0 Å². The second-order valence-electron chi connectivity index (χ2n) is 5.94. The monoisotopic (exact) mass is 301 g/mol. The number of aliphatic hydroxyl groups is 1. The molecular formula is C17H23N3O2. The molecule has 118 valence electrons. The van der Waals surface area contributed by atoms with Crippen molar-refractivity contribution in [3.8, 4) is 5.75 Å². The molecule has 1 saturated heterocycles. The molecule has 0 unspecified atom stereocenters. The minimum absolute atomic E-state index is 0.305. The van der Waals surface area contributed by atoms with E-state index < -0.39 is 6.10 Å². The van der Waals surface area contributed by atoms with Gasteiger partial charge in [-0.1, -0.05) is 0 Å². The van der Waals surface area contributed by atoms with Crippen LogP contribution in [0.1, 0.15) is 24.5 Å². The molecule has 0 aliphatic carbocycles. The first-order chi connectivity index (χ1) is 10.7. The molecule has 0 radical (unpaired) electrons. The van der Waals surface area contributed by atoms with E-state index in [1.807, 2.05) is 24.3 Å². The highest BCUT2D eigenvalue weighted by atomic mass is 16.5. The number of nitrogens with two attached hydrogens (primary N) is 1. The molecule has 2 aromatic rings. The lowest BCUT2D eigenvalue weighted by Gasteiger charge is -2.31. The van der Waals surface area contributed by atoms with Gasteiger partial charge in [0, 0.05) is 24.2 Å². The summed E-state index contributed by atoms with van der Waals surface area (Å²) in [6.07, 6.45) is 3.21. The number of hydrogen-bond acceptors (Lipinski definition) is 5. The molecule has 1 atom stereocenters. The van der Waals surface area contributed by atoms with Gasteiger partial charge in [0.05, 0.1) is 18.7 Å². The molecule has 3 rings (SSSR count). The zero-order valence-corrected chi connectivity index (χ0v) is 12.9. The van der Waals surface area contributed by atoms with Crippen LogP contribution in [0.25, 0.3) is 10.9 Å². The molecule has 0 saturated carbocycles. The molecule has 5 nitrogen and oxygen atoms in total. The van der Waals surface area contributed by atoms with E-state index >= 15 is 0 Å². The fraction of sp³-hybridized carbons (Fsp3) is 0.471. The second kappa shape index (κ2) is 6.60. The highest BCUT2D eigenvalue weighted by molar-refractivity contribution is 5.83. The Kier molecular flexibility index (Phi) is 4.57. The molecule has 5 heteroatoms. The average Bonchev–Trinajstić information content (AvgIpc) is 2.55.